The van der Waals surface area contributed by atoms with Crippen LogP contribution in [0, 0.1) is 0 Å². The lowest BCUT2D eigenvalue weighted by Crippen LogP contribution is -1.93. The Kier molecular flexibility index (Phi) is 76.7. The summed E-state index contributed by atoms with van der Waals surface area (Å²) in [4.78, 5) is 51.0. The third kappa shape index (κ3) is 97.7. The van der Waals surface area contributed by atoms with Crippen molar-refractivity contribution in [3.63, 3.8) is 0 Å². The molecule has 0 bridgehead atoms. The van der Waals surface area contributed by atoms with E-state index in [1.165, 1.54) is 128 Å². The van der Waals surface area contributed by atoms with Crippen LogP contribution >= 0.6 is 0 Å². The maximum Gasteiger partial charge on any atom is 0.303 e. The molecule has 0 aliphatic rings. The minimum atomic E-state index is -0.677. The van der Waals surface area contributed by atoms with E-state index in [1.54, 1.807) is 0 Å². The van der Waals surface area contributed by atoms with Gasteiger partial charge in [0.25, 0.3) is 0 Å². The standard InChI is InChI=1S/5C12H22O2/c5*1-2-3-4-5-6-7-8-9-10-11-12(13)14/h5-6H,2-4,7-11H2,1H3,(H,13,14);4-5H,2-3,6-11H2,1H3,(H,13,14);3-4H,2,5-11H2,1H3,(H,13,14);2-3H,4-11H2,1H3,(H,13,14);2H,1,3-11H2,(H,13,14)/b6-5-;5-4-;4-3-;3-2-;. The van der Waals surface area contributed by atoms with Crippen LogP contribution < -0.4 is 0 Å². The van der Waals surface area contributed by atoms with Crippen LogP contribution in [0.25, 0.3) is 0 Å². The minimum absolute atomic E-state index is 0.319. The predicted octanol–water partition coefficient (Wildman–Crippen LogP) is 18.8. The molecule has 5 N–H and O–H groups in total. The van der Waals surface area contributed by atoms with E-state index in [0.717, 1.165) is 103 Å². The SMILES string of the molecule is C/C=C\CCCCCCCCC(=O)O.C=CCCCCCCCCCC(=O)O.CC/C=C\CCCCCCCC(=O)O.CCC/C=C\CCCCCCC(=O)O.CCCC/C=C\CCCCCC(=O)O. The lowest BCUT2D eigenvalue weighted by Gasteiger charge is -1.99. The molecule has 0 aliphatic heterocycles. The highest BCUT2D eigenvalue weighted by Gasteiger charge is 1.99. The summed E-state index contributed by atoms with van der Waals surface area (Å²) in [7, 11) is 0. The van der Waals surface area contributed by atoms with Crippen molar-refractivity contribution in [2.45, 2.75) is 291 Å². The zero-order chi connectivity index (χ0) is 53.2. The third-order valence-electron chi connectivity index (χ3n) is 11.0. The van der Waals surface area contributed by atoms with Crippen molar-refractivity contribution in [2.75, 3.05) is 0 Å². The van der Waals surface area contributed by atoms with Crippen molar-refractivity contribution < 1.29 is 49.5 Å². The van der Waals surface area contributed by atoms with Gasteiger partial charge >= 0.3 is 29.8 Å². The Morgan fingerprint density at radius 2 is 0.543 bits per heavy atom. The average Bonchev–Trinajstić information content (AvgIpc) is 3.32. The van der Waals surface area contributed by atoms with Gasteiger partial charge in [0.1, 0.15) is 0 Å². The molecule has 0 aromatic rings. The van der Waals surface area contributed by atoms with Gasteiger partial charge in [-0.05, 0) is 122 Å². The first-order valence-electron chi connectivity index (χ1n) is 28.1. The van der Waals surface area contributed by atoms with Gasteiger partial charge in [0.2, 0.25) is 0 Å². The fourth-order valence-electron chi connectivity index (χ4n) is 6.78. The van der Waals surface area contributed by atoms with Crippen molar-refractivity contribution in [3.8, 4) is 0 Å². The van der Waals surface area contributed by atoms with E-state index in [9.17, 15) is 24.0 Å². The summed E-state index contributed by atoms with van der Waals surface area (Å²) in [5, 5.41) is 42.0. The van der Waals surface area contributed by atoms with E-state index in [1.807, 2.05) is 13.0 Å². The van der Waals surface area contributed by atoms with Crippen LogP contribution in [0.2, 0.25) is 0 Å². The highest BCUT2D eigenvalue weighted by atomic mass is 16.4. The number of hydrogen-bond donors (Lipinski definition) is 5. The zero-order valence-electron chi connectivity index (χ0n) is 45.7. The van der Waals surface area contributed by atoms with E-state index in [2.05, 4.69) is 76.0 Å². The molecule has 0 aromatic heterocycles. The fraction of sp³-hybridized carbons (Fsp3) is 0.750. The molecule has 10 heteroatoms. The van der Waals surface area contributed by atoms with Crippen molar-refractivity contribution in [3.05, 3.63) is 61.3 Å². The van der Waals surface area contributed by atoms with Crippen molar-refractivity contribution in [1.29, 1.82) is 0 Å². The number of rotatable bonds is 46. The average molecular weight is 992 g/mol. The van der Waals surface area contributed by atoms with Crippen LogP contribution in [0.1, 0.15) is 291 Å². The Balaban J connectivity index is -0.000000251. The topological polar surface area (TPSA) is 186 Å². The monoisotopic (exact) mass is 991 g/mol. The molecule has 0 unspecified atom stereocenters. The molecular formula is C60H110O10. The summed E-state index contributed by atoms with van der Waals surface area (Å²) < 4.78 is 0. The van der Waals surface area contributed by atoms with Crippen LogP contribution in [-0.4, -0.2) is 55.4 Å². The second kappa shape index (κ2) is 71.6. The van der Waals surface area contributed by atoms with Crippen LogP contribution in [0.4, 0.5) is 0 Å². The van der Waals surface area contributed by atoms with Crippen molar-refractivity contribution in [1.82, 2.24) is 0 Å². The van der Waals surface area contributed by atoms with Crippen LogP contribution in [0.5, 0.6) is 0 Å². The number of unbranched alkanes of at least 4 members (excludes halogenated alkanes) is 28. The highest BCUT2D eigenvalue weighted by Crippen LogP contribution is 2.12. The first-order valence-corrected chi connectivity index (χ1v) is 28.1. The molecule has 0 heterocycles. The molecule has 0 amide bonds. The van der Waals surface area contributed by atoms with E-state index in [0.29, 0.717) is 32.1 Å². The van der Waals surface area contributed by atoms with Gasteiger partial charge < -0.3 is 25.5 Å². The first kappa shape index (κ1) is 75.0. The molecule has 0 saturated heterocycles. The van der Waals surface area contributed by atoms with E-state index < -0.39 is 29.8 Å². The molecule has 0 saturated carbocycles. The van der Waals surface area contributed by atoms with Gasteiger partial charge in [0.05, 0.1) is 0 Å². The first-order chi connectivity index (χ1) is 33.9. The molecule has 0 fully saturated rings. The van der Waals surface area contributed by atoms with Crippen molar-refractivity contribution in [2.24, 2.45) is 0 Å². The Hall–Kier alpha value is -3.95. The molecule has 0 radical (unpaired) electrons. The van der Waals surface area contributed by atoms with Gasteiger partial charge in [0.15, 0.2) is 0 Å². The Morgan fingerprint density at radius 3 is 0.814 bits per heavy atom. The highest BCUT2D eigenvalue weighted by molar-refractivity contribution is 5.67. The lowest BCUT2D eigenvalue weighted by molar-refractivity contribution is -0.138. The van der Waals surface area contributed by atoms with Crippen molar-refractivity contribution >= 4 is 29.8 Å². The summed E-state index contributed by atoms with van der Waals surface area (Å²) in [6.07, 6.45) is 62.0. The smallest absolute Gasteiger partial charge is 0.303 e. The number of aliphatic carboxylic acids is 5. The van der Waals surface area contributed by atoms with E-state index >= 15 is 0 Å². The third-order valence-corrected chi connectivity index (χ3v) is 11.0. The summed E-state index contributed by atoms with van der Waals surface area (Å²) in [6, 6.07) is 0. The minimum Gasteiger partial charge on any atom is -0.481 e. The number of hydrogen-bond acceptors (Lipinski definition) is 5. The van der Waals surface area contributed by atoms with Crippen LogP contribution in [0.15, 0.2) is 61.3 Å². The normalized spacial score (nSPS) is 10.7. The maximum absolute atomic E-state index is 10.2. The Bertz CT molecular complexity index is 1240. The number of allylic oxidation sites excluding steroid dienone is 9. The molecule has 0 spiro atoms. The summed E-state index contributed by atoms with van der Waals surface area (Å²) in [5.74, 6) is -3.36. The Morgan fingerprint density at radius 1 is 0.300 bits per heavy atom. The van der Waals surface area contributed by atoms with E-state index in [-0.39, 0.29) is 0 Å². The summed E-state index contributed by atoms with van der Waals surface area (Å²) in [5.41, 5.74) is 0. The van der Waals surface area contributed by atoms with Gasteiger partial charge in [-0.1, -0.05) is 191 Å². The summed E-state index contributed by atoms with van der Waals surface area (Å²) >= 11 is 0. The molecule has 410 valence electrons. The quantitative estimate of drug-likeness (QED) is 0.0290. The maximum atomic E-state index is 10.2. The van der Waals surface area contributed by atoms with Crippen LogP contribution in [-0.2, 0) is 24.0 Å². The zero-order valence-corrected chi connectivity index (χ0v) is 45.7. The summed E-state index contributed by atoms with van der Waals surface area (Å²) in [6.45, 7) is 12.2. The molecule has 0 rings (SSSR count). The van der Waals surface area contributed by atoms with Gasteiger partial charge in [0, 0.05) is 32.1 Å². The Labute approximate surface area is 430 Å². The number of carbonyl (C=O) groups is 5. The molecule has 0 aliphatic carbocycles. The second-order valence-electron chi connectivity index (χ2n) is 18.1. The van der Waals surface area contributed by atoms with E-state index in [4.69, 9.17) is 25.5 Å². The fourth-order valence-corrected chi connectivity index (χ4v) is 6.78. The van der Waals surface area contributed by atoms with Crippen LogP contribution in [0.3, 0.4) is 0 Å². The lowest BCUT2D eigenvalue weighted by atomic mass is 10.1. The molecular weight excluding hydrogens is 881 g/mol. The molecule has 70 heavy (non-hydrogen) atoms. The van der Waals surface area contributed by atoms with Gasteiger partial charge in [-0.3, -0.25) is 24.0 Å². The van der Waals surface area contributed by atoms with Gasteiger partial charge in [-0.25, -0.2) is 0 Å². The van der Waals surface area contributed by atoms with Gasteiger partial charge in [-0.15, -0.1) is 6.58 Å². The number of carboxylic acid groups (broad SMARTS) is 5. The largest absolute Gasteiger partial charge is 0.481 e. The molecule has 0 aromatic carbocycles. The molecule has 0 atom stereocenters. The molecule has 10 nitrogen and oxygen atoms in total. The second-order valence-corrected chi connectivity index (χ2v) is 18.1. The predicted molar refractivity (Wildman–Crippen MR) is 297 cm³/mol. The van der Waals surface area contributed by atoms with Gasteiger partial charge in [-0.2, -0.15) is 0 Å². The number of carboxylic acids is 5.